The van der Waals surface area contributed by atoms with E-state index in [4.69, 9.17) is 9.97 Å². The van der Waals surface area contributed by atoms with Gasteiger partial charge in [-0.15, -0.1) is 11.3 Å². The molecule has 0 aliphatic heterocycles. The molecule has 0 aliphatic carbocycles. The summed E-state index contributed by atoms with van der Waals surface area (Å²) in [6.45, 7) is 4.09. The molecule has 0 saturated carbocycles. The summed E-state index contributed by atoms with van der Waals surface area (Å²) in [4.78, 5) is 36.4. The van der Waals surface area contributed by atoms with Crippen molar-refractivity contribution in [3.63, 3.8) is 0 Å². The van der Waals surface area contributed by atoms with E-state index in [1.165, 1.54) is 11.3 Å². The molecular weight excluding hydrogens is 472 g/mol. The molecule has 0 unspecified atom stereocenters. The first-order valence-corrected chi connectivity index (χ1v) is 12.5. The molecule has 36 heavy (non-hydrogen) atoms. The number of fused-ring (bicyclic) bond motifs is 9. The van der Waals surface area contributed by atoms with Gasteiger partial charge in [-0.2, -0.15) is 5.10 Å². The van der Waals surface area contributed by atoms with Gasteiger partial charge in [-0.3, -0.25) is 19.4 Å². The highest BCUT2D eigenvalue weighted by Gasteiger charge is 2.14. The van der Waals surface area contributed by atoms with E-state index in [9.17, 15) is 4.79 Å². The monoisotopic (exact) mass is 492 g/mol. The van der Waals surface area contributed by atoms with Crippen LogP contribution in [0.25, 0.3) is 64.7 Å². The van der Waals surface area contributed by atoms with Gasteiger partial charge in [0.1, 0.15) is 15.9 Å². The number of rotatable bonds is 2. The molecule has 0 fully saturated rings. The predicted molar refractivity (Wildman–Crippen MR) is 143 cm³/mol. The first-order valence-electron chi connectivity index (χ1n) is 11.6. The summed E-state index contributed by atoms with van der Waals surface area (Å²) < 4.78 is 2.75. The van der Waals surface area contributed by atoms with E-state index in [1.54, 1.807) is 23.2 Å². The number of aromatic nitrogens is 8. The molecule has 0 atom stereocenters. The fraction of sp³-hybridized carbons (Fsp3) is 0.154. The van der Waals surface area contributed by atoms with Gasteiger partial charge in [-0.1, -0.05) is 13.8 Å². The number of hydrogen-bond donors (Lipinski definition) is 2. The van der Waals surface area contributed by atoms with Crippen LogP contribution in [0.4, 0.5) is 0 Å². The van der Waals surface area contributed by atoms with Crippen LogP contribution in [0.5, 0.6) is 0 Å². The molecule has 10 heteroatoms. The molecule has 0 radical (unpaired) electrons. The molecule has 8 bridgehead atoms. The summed E-state index contributed by atoms with van der Waals surface area (Å²) in [6, 6.07) is 11.8. The Hall–Kier alpha value is -4.44. The molecule has 7 aromatic rings. The summed E-state index contributed by atoms with van der Waals surface area (Å²) in [6.07, 6.45) is 5.67. The van der Waals surface area contributed by atoms with Crippen LogP contribution in [0.1, 0.15) is 25.1 Å². The number of thiophene rings is 1. The van der Waals surface area contributed by atoms with E-state index in [1.807, 2.05) is 50.2 Å². The van der Waals surface area contributed by atoms with Crippen molar-refractivity contribution < 1.29 is 4.79 Å². The van der Waals surface area contributed by atoms with Crippen LogP contribution in [0.3, 0.4) is 0 Å². The third kappa shape index (κ3) is 3.22. The molecule has 176 valence electrons. The SMILES string of the molecule is CC(C)CC(=O)n1c2cncc(c2)c2ccc3[nH]nc(c4nc5c(nccc5c5ccc1s5)[nH]4)c3n2. The minimum atomic E-state index is 0.0177. The fourth-order valence-electron chi connectivity index (χ4n) is 4.56. The Morgan fingerprint density at radius 1 is 1.03 bits per heavy atom. The van der Waals surface area contributed by atoms with Crippen molar-refractivity contribution in [1.82, 2.24) is 39.7 Å². The van der Waals surface area contributed by atoms with Crippen molar-refractivity contribution in [2.24, 2.45) is 5.92 Å². The second-order valence-corrected chi connectivity index (χ2v) is 10.3. The van der Waals surface area contributed by atoms with Crippen LogP contribution in [0.2, 0.25) is 0 Å². The van der Waals surface area contributed by atoms with E-state index in [0.717, 1.165) is 36.9 Å². The number of carbonyl (C=O) groups is 1. The number of nitrogens with zero attached hydrogens (tertiary/aromatic N) is 6. The molecule has 0 amide bonds. The standard InChI is InChI=1S/C26H20N8OS/c1-13(2)9-20(35)34-15-10-14(11-27-12-15)17-3-4-18-23(29-17)24(33-32-18)26-30-22-16(7-8-28-25(22)31-26)19-5-6-21(34)36-19/h3-8,10-13H,9H2,1-2H3,(H,32,33)(H,28,30,31). The maximum Gasteiger partial charge on any atom is 0.232 e. The Bertz CT molecular complexity index is 2040. The van der Waals surface area contributed by atoms with E-state index < -0.39 is 0 Å². The van der Waals surface area contributed by atoms with Crippen LogP contribution < -0.4 is 0 Å². The van der Waals surface area contributed by atoms with Crippen LogP contribution in [-0.4, -0.2) is 45.6 Å². The number of hydrogen-bond acceptors (Lipinski definition) is 7. The van der Waals surface area contributed by atoms with Crippen molar-refractivity contribution in [3.05, 3.63) is 55.0 Å². The van der Waals surface area contributed by atoms with E-state index in [2.05, 4.69) is 25.1 Å². The summed E-state index contributed by atoms with van der Waals surface area (Å²) in [5, 5.41) is 9.30. The summed E-state index contributed by atoms with van der Waals surface area (Å²) in [5.74, 6) is 0.236. The number of imidazole rings is 1. The second kappa shape index (κ2) is 7.79. The molecule has 0 spiro atoms. The number of pyridine rings is 3. The largest absolute Gasteiger partial charge is 0.321 e. The van der Waals surface area contributed by atoms with Crippen molar-refractivity contribution in [1.29, 1.82) is 0 Å². The zero-order valence-electron chi connectivity index (χ0n) is 19.5. The van der Waals surface area contributed by atoms with Crippen molar-refractivity contribution >= 4 is 81.9 Å². The van der Waals surface area contributed by atoms with Gasteiger partial charge >= 0.3 is 0 Å². The molecule has 0 saturated heterocycles. The van der Waals surface area contributed by atoms with Gasteiger partial charge in [0.2, 0.25) is 5.91 Å². The third-order valence-electron chi connectivity index (χ3n) is 6.20. The zero-order chi connectivity index (χ0) is 24.4. The topological polar surface area (TPSA) is 118 Å². The van der Waals surface area contributed by atoms with Crippen molar-refractivity contribution in [2.75, 3.05) is 0 Å². The number of nitrogens with one attached hydrogen (secondary N) is 2. The fourth-order valence-corrected chi connectivity index (χ4v) is 5.63. The van der Waals surface area contributed by atoms with Crippen LogP contribution in [0, 0.1) is 5.92 Å². The second-order valence-electron chi connectivity index (χ2n) is 9.20. The highest BCUT2D eigenvalue weighted by Crippen LogP contribution is 2.29. The average Bonchev–Trinajstić information content (AvgIpc) is 3.60. The Kier molecular flexibility index (Phi) is 4.52. The minimum Gasteiger partial charge on any atom is -0.321 e. The van der Waals surface area contributed by atoms with Gasteiger partial charge in [0.25, 0.3) is 0 Å². The van der Waals surface area contributed by atoms with Gasteiger partial charge in [0.15, 0.2) is 16.8 Å². The molecular formula is C26H20N8OS. The van der Waals surface area contributed by atoms with Gasteiger partial charge in [0.05, 0.1) is 22.7 Å². The van der Waals surface area contributed by atoms with Gasteiger partial charge < -0.3 is 4.98 Å². The average molecular weight is 493 g/mol. The van der Waals surface area contributed by atoms with Gasteiger partial charge in [0, 0.05) is 34.3 Å². The lowest BCUT2D eigenvalue weighted by atomic mass is 10.1. The number of aromatic amines is 2. The van der Waals surface area contributed by atoms with Gasteiger partial charge in [-0.25, -0.2) is 15.0 Å². The quantitative estimate of drug-likeness (QED) is 0.310. The van der Waals surface area contributed by atoms with Crippen LogP contribution >= 0.6 is 11.3 Å². The first kappa shape index (κ1) is 20.9. The maximum absolute atomic E-state index is 13.5. The molecule has 7 aromatic heterocycles. The van der Waals surface area contributed by atoms with Gasteiger partial charge in [-0.05, 0) is 42.3 Å². The highest BCUT2D eigenvalue weighted by molar-refractivity contribution is 7.24. The third-order valence-corrected chi connectivity index (χ3v) is 7.31. The Labute approximate surface area is 207 Å². The number of H-pyrrole nitrogens is 2. The van der Waals surface area contributed by atoms with E-state index >= 15 is 0 Å². The van der Waals surface area contributed by atoms with Crippen molar-refractivity contribution in [2.45, 2.75) is 20.3 Å². The zero-order valence-corrected chi connectivity index (χ0v) is 20.3. The normalized spacial score (nSPS) is 12.1. The molecule has 0 aromatic carbocycles. The van der Waals surface area contributed by atoms with E-state index in [-0.39, 0.29) is 11.8 Å². The predicted octanol–water partition coefficient (Wildman–Crippen LogP) is 5.91. The summed E-state index contributed by atoms with van der Waals surface area (Å²) in [7, 11) is 0. The molecule has 9 nitrogen and oxygen atoms in total. The highest BCUT2D eigenvalue weighted by atomic mass is 32.1. The Morgan fingerprint density at radius 2 is 1.94 bits per heavy atom. The summed E-state index contributed by atoms with van der Waals surface area (Å²) in [5.41, 5.74) is 5.54. The smallest absolute Gasteiger partial charge is 0.232 e. The van der Waals surface area contributed by atoms with E-state index in [0.29, 0.717) is 34.3 Å². The first-order chi connectivity index (χ1) is 17.5. The lowest BCUT2D eigenvalue weighted by molar-refractivity contribution is 0.0897. The number of carbonyl (C=O) groups excluding carboxylic acids is 1. The maximum atomic E-state index is 13.5. The molecule has 0 aliphatic rings. The van der Waals surface area contributed by atoms with Crippen LogP contribution in [-0.2, 0) is 0 Å². The molecule has 7 heterocycles. The molecule has 7 rings (SSSR count). The summed E-state index contributed by atoms with van der Waals surface area (Å²) >= 11 is 1.54. The lowest BCUT2D eigenvalue weighted by Crippen LogP contribution is -2.13. The Balaban J connectivity index is 1.73. The molecule has 2 N–H and O–H groups in total. The lowest BCUT2D eigenvalue weighted by Gasteiger charge is -2.09. The van der Waals surface area contributed by atoms with Crippen molar-refractivity contribution in [3.8, 4) is 0 Å². The Morgan fingerprint density at radius 3 is 2.83 bits per heavy atom. The van der Waals surface area contributed by atoms with Crippen LogP contribution in [0.15, 0.2) is 55.0 Å². The minimum absolute atomic E-state index is 0.0177.